The molecule has 1 aromatic carbocycles. The summed E-state index contributed by atoms with van der Waals surface area (Å²) in [4.78, 5) is 11.8. The summed E-state index contributed by atoms with van der Waals surface area (Å²) >= 11 is 5.83. The van der Waals surface area contributed by atoms with Gasteiger partial charge in [0.05, 0.1) is 5.57 Å². The average Bonchev–Trinajstić information content (AvgIpc) is 2.60. The number of aromatic nitrogens is 2. The van der Waals surface area contributed by atoms with Crippen LogP contribution in [0.15, 0.2) is 58.3 Å². The molecule has 130 valence electrons. The van der Waals surface area contributed by atoms with Crippen molar-refractivity contribution in [1.82, 2.24) is 9.97 Å². The van der Waals surface area contributed by atoms with Crippen molar-refractivity contribution in [3.8, 4) is 11.8 Å². The van der Waals surface area contributed by atoms with Crippen molar-refractivity contribution in [3.05, 3.63) is 70.5 Å². The van der Waals surface area contributed by atoms with E-state index in [9.17, 15) is 4.39 Å². The number of benzene rings is 1. The molecular weight excluding hydrogens is 337 g/mol. The van der Waals surface area contributed by atoms with Gasteiger partial charge < -0.3 is 0 Å². The Balaban J connectivity index is 0.000000271. The summed E-state index contributed by atoms with van der Waals surface area (Å²) in [5, 5.41) is 0.601. The highest BCUT2D eigenvalue weighted by atomic mass is 35.5. The van der Waals surface area contributed by atoms with E-state index < -0.39 is 0 Å². The highest BCUT2D eigenvalue weighted by Crippen LogP contribution is 2.13. The zero-order chi connectivity index (χ0) is 18.7. The number of rotatable bonds is 2. The van der Waals surface area contributed by atoms with Crippen LogP contribution < -0.4 is 0 Å². The summed E-state index contributed by atoms with van der Waals surface area (Å²) in [7, 11) is 1.67. The fraction of sp³-hybridized carbons (Fsp3) is 0.250. The van der Waals surface area contributed by atoms with Gasteiger partial charge in [-0.15, -0.1) is 0 Å². The molecule has 0 unspecified atom stereocenters. The third-order valence-electron chi connectivity index (χ3n) is 3.04. The third-order valence-corrected chi connectivity index (χ3v) is 3.24. The Morgan fingerprint density at radius 1 is 1.20 bits per heavy atom. The lowest BCUT2D eigenvalue weighted by Crippen LogP contribution is -1.87. The number of hydrogen-bond donors (Lipinski definition) is 0. The summed E-state index contributed by atoms with van der Waals surface area (Å²) in [5.74, 6) is 6.46. The number of halogens is 2. The van der Waals surface area contributed by atoms with E-state index >= 15 is 0 Å². The third kappa shape index (κ3) is 8.23. The van der Waals surface area contributed by atoms with Crippen LogP contribution in [-0.4, -0.2) is 23.2 Å². The molecule has 1 heterocycles. The van der Waals surface area contributed by atoms with Crippen molar-refractivity contribution in [1.29, 1.82) is 0 Å². The molecule has 3 nitrogen and oxygen atoms in total. The molecule has 0 saturated heterocycles. The lowest BCUT2D eigenvalue weighted by Gasteiger charge is -2.02. The number of hydrogen-bond acceptors (Lipinski definition) is 3. The van der Waals surface area contributed by atoms with E-state index in [4.69, 9.17) is 11.6 Å². The first kappa shape index (κ1) is 20.5. The zero-order valence-corrected chi connectivity index (χ0v) is 15.5. The van der Waals surface area contributed by atoms with Gasteiger partial charge in [0, 0.05) is 30.7 Å². The largest absolute Gasteiger partial charge is 0.295 e. The molecule has 0 saturated carbocycles. The highest BCUT2D eigenvalue weighted by Gasteiger charge is 1.96. The second-order valence-electron chi connectivity index (χ2n) is 5.36. The van der Waals surface area contributed by atoms with Crippen LogP contribution in [0, 0.1) is 17.7 Å². The maximum absolute atomic E-state index is 12.4. The molecule has 0 aliphatic heterocycles. The SMILES string of the molecule is CC(C)c1ccc(F)cc1.CN=C/C(C#Cc1ncccn1)=C(\C)Cl. The minimum atomic E-state index is -0.163. The molecule has 0 atom stereocenters. The van der Waals surface area contributed by atoms with Gasteiger partial charge in [0.25, 0.3) is 0 Å². The number of allylic oxidation sites excluding steroid dienone is 2. The average molecular weight is 358 g/mol. The molecule has 0 radical (unpaired) electrons. The van der Waals surface area contributed by atoms with E-state index in [-0.39, 0.29) is 5.82 Å². The maximum atomic E-state index is 12.4. The van der Waals surface area contributed by atoms with E-state index in [1.807, 2.05) is 12.1 Å². The van der Waals surface area contributed by atoms with Crippen molar-refractivity contribution in [3.63, 3.8) is 0 Å². The van der Waals surface area contributed by atoms with Crippen LogP contribution in [0.1, 0.15) is 38.1 Å². The second-order valence-corrected chi connectivity index (χ2v) is 5.93. The topological polar surface area (TPSA) is 38.1 Å². The van der Waals surface area contributed by atoms with Gasteiger partial charge in [0.1, 0.15) is 5.82 Å². The van der Waals surface area contributed by atoms with E-state index in [1.54, 1.807) is 38.6 Å². The first-order valence-electron chi connectivity index (χ1n) is 7.77. The lowest BCUT2D eigenvalue weighted by molar-refractivity contribution is 0.626. The molecule has 1 aromatic heterocycles. The Morgan fingerprint density at radius 3 is 2.28 bits per heavy atom. The minimum absolute atomic E-state index is 0.163. The van der Waals surface area contributed by atoms with Crippen LogP contribution >= 0.6 is 11.6 Å². The Kier molecular flexibility index (Phi) is 9.13. The predicted molar refractivity (Wildman–Crippen MR) is 102 cm³/mol. The Bertz CT molecular complexity index is 766. The molecular formula is C20H21ClFN3. The molecule has 0 aliphatic carbocycles. The summed E-state index contributed by atoms with van der Waals surface area (Å²) < 4.78 is 12.4. The quantitative estimate of drug-likeness (QED) is 0.561. The number of aliphatic imine (C=N–C) groups is 1. The molecule has 0 bridgehead atoms. The fourth-order valence-corrected chi connectivity index (χ4v) is 1.77. The predicted octanol–water partition coefficient (Wildman–Crippen LogP) is 4.99. The van der Waals surface area contributed by atoms with E-state index in [0.29, 0.717) is 22.3 Å². The summed E-state index contributed by atoms with van der Waals surface area (Å²) in [6.45, 7) is 5.94. The first-order chi connectivity index (χ1) is 11.9. The Morgan fingerprint density at radius 2 is 1.80 bits per heavy atom. The van der Waals surface area contributed by atoms with Gasteiger partial charge in [0.15, 0.2) is 0 Å². The zero-order valence-electron chi connectivity index (χ0n) is 14.8. The monoisotopic (exact) mass is 357 g/mol. The van der Waals surface area contributed by atoms with Crippen LogP contribution in [0.4, 0.5) is 4.39 Å². The van der Waals surface area contributed by atoms with Crippen molar-refractivity contribution >= 4 is 17.8 Å². The smallest absolute Gasteiger partial charge is 0.205 e. The Labute approximate surface area is 153 Å². The normalized spacial score (nSPS) is 11.3. The van der Waals surface area contributed by atoms with E-state index in [2.05, 4.69) is 40.6 Å². The molecule has 0 fully saturated rings. The first-order valence-corrected chi connectivity index (χ1v) is 8.15. The van der Waals surface area contributed by atoms with Crippen LogP contribution in [-0.2, 0) is 0 Å². The fourth-order valence-electron chi connectivity index (χ4n) is 1.67. The van der Waals surface area contributed by atoms with Crippen LogP contribution in [0.5, 0.6) is 0 Å². The van der Waals surface area contributed by atoms with Crippen LogP contribution in [0.3, 0.4) is 0 Å². The summed E-state index contributed by atoms with van der Waals surface area (Å²) in [6, 6.07) is 8.37. The standard InChI is InChI=1S/C11H10ClN3.C9H11F/c1-9(12)10(8-13-2)4-5-11-14-6-3-7-15-11;1-7(2)8-3-5-9(10)6-4-8/h3,6-8H,1-2H3;3-7H,1-2H3/b10-9+,13-8?;. The van der Waals surface area contributed by atoms with Gasteiger partial charge in [-0.05, 0) is 42.5 Å². The van der Waals surface area contributed by atoms with Gasteiger partial charge in [-0.25, -0.2) is 14.4 Å². The van der Waals surface area contributed by atoms with Crippen molar-refractivity contribution in [2.45, 2.75) is 26.7 Å². The Hall–Kier alpha value is -2.51. The van der Waals surface area contributed by atoms with Gasteiger partial charge in [-0.3, -0.25) is 4.99 Å². The molecule has 25 heavy (non-hydrogen) atoms. The van der Waals surface area contributed by atoms with Crippen molar-refractivity contribution < 1.29 is 4.39 Å². The molecule has 5 heteroatoms. The van der Waals surface area contributed by atoms with Crippen molar-refractivity contribution in [2.75, 3.05) is 7.05 Å². The maximum Gasteiger partial charge on any atom is 0.205 e. The lowest BCUT2D eigenvalue weighted by atomic mass is 10.0. The molecule has 0 spiro atoms. The van der Waals surface area contributed by atoms with Gasteiger partial charge in [0.2, 0.25) is 5.82 Å². The van der Waals surface area contributed by atoms with Crippen molar-refractivity contribution in [2.24, 2.45) is 4.99 Å². The van der Waals surface area contributed by atoms with Gasteiger partial charge in [-0.1, -0.05) is 43.5 Å². The summed E-state index contributed by atoms with van der Waals surface area (Å²) in [6.07, 6.45) is 4.89. The molecule has 0 N–H and O–H groups in total. The second kappa shape index (κ2) is 11.1. The molecule has 2 rings (SSSR count). The highest BCUT2D eigenvalue weighted by molar-refractivity contribution is 6.31. The number of nitrogens with zero attached hydrogens (tertiary/aromatic N) is 3. The minimum Gasteiger partial charge on any atom is -0.295 e. The van der Waals surface area contributed by atoms with Crippen LogP contribution in [0.25, 0.3) is 0 Å². The van der Waals surface area contributed by atoms with E-state index in [0.717, 1.165) is 0 Å². The van der Waals surface area contributed by atoms with Gasteiger partial charge >= 0.3 is 0 Å². The molecule has 0 amide bonds. The molecule has 0 aliphatic rings. The van der Waals surface area contributed by atoms with Crippen LogP contribution in [0.2, 0.25) is 0 Å². The molecule has 2 aromatic rings. The summed E-state index contributed by atoms with van der Waals surface area (Å²) in [5.41, 5.74) is 1.85. The van der Waals surface area contributed by atoms with E-state index in [1.165, 1.54) is 17.7 Å². The van der Waals surface area contributed by atoms with Gasteiger partial charge in [-0.2, -0.15) is 0 Å².